The van der Waals surface area contributed by atoms with E-state index in [0.29, 0.717) is 4.90 Å². The molecule has 1 rings (SSSR count). The van der Waals surface area contributed by atoms with Gasteiger partial charge < -0.3 is 22.8 Å². The standard InChI is InChI=1S/C8H6O4S/c9-7(10)5-2-1-4(13)3-6(5)8(11)12/h1-3,13H,(H,9,10)(H,11,12)/p-1. The minimum Gasteiger partial charge on any atom is -0.780 e. The van der Waals surface area contributed by atoms with Crippen LogP contribution in [0.15, 0.2) is 23.1 Å². The zero-order chi connectivity index (χ0) is 10.0. The number of rotatable bonds is 2. The van der Waals surface area contributed by atoms with Crippen LogP contribution in [0.1, 0.15) is 20.7 Å². The van der Waals surface area contributed by atoms with E-state index in [4.69, 9.17) is 22.8 Å². The van der Waals surface area contributed by atoms with E-state index in [-0.39, 0.29) is 11.1 Å². The molecule has 0 atom stereocenters. The lowest BCUT2D eigenvalue weighted by Crippen LogP contribution is -2.07. The van der Waals surface area contributed by atoms with Crippen molar-refractivity contribution < 1.29 is 19.8 Å². The predicted molar refractivity (Wildman–Crippen MR) is 46.0 cm³/mol. The zero-order valence-corrected chi connectivity index (χ0v) is 7.17. The third kappa shape index (κ3) is 1.94. The van der Waals surface area contributed by atoms with E-state index < -0.39 is 11.9 Å². The first kappa shape index (κ1) is 9.47. The molecule has 0 aromatic heterocycles. The molecule has 1 aromatic carbocycles. The van der Waals surface area contributed by atoms with Crippen molar-refractivity contribution in [1.29, 1.82) is 0 Å². The number of carboxylic acids is 2. The smallest absolute Gasteiger partial charge is 0.336 e. The highest BCUT2D eigenvalue weighted by Gasteiger charge is 2.13. The maximum Gasteiger partial charge on any atom is 0.336 e. The summed E-state index contributed by atoms with van der Waals surface area (Å²) in [7, 11) is 0. The van der Waals surface area contributed by atoms with Gasteiger partial charge in [-0.2, -0.15) is 4.90 Å². The third-order valence-electron chi connectivity index (χ3n) is 1.45. The van der Waals surface area contributed by atoms with Crippen molar-refractivity contribution in [3.63, 3.8) is 0 Å². The summed E-state index contributed by atoms with van der Waals surface area (Å²) in [5.74, 6) is -2.56. The van der Waals surface area contributed by atoms with Crippen LogP contribution in [0.4, 0.5) is 0 Å². The fraction of sp³-hybridized carbons (Fsp3) is 0. The average molecular weight is 197 g/mol. The number of benzene rings is 1. The Morgan fingerprint density at radius 3 is 2.08 bits per heavy atom. The van der Waals surface area contributed by atoms with E-state index in [0.717, 1.165) is 6.07 Å². The molecule has 0 saturated carbocycles. The molecule has 0 saturated heterocycles. The number of hydrogen-bond acceptors (Lipinski definition) is 3. The molecule has 0 radical (unpaired) electrons. The van der Waals surface area contributed by atoms with E-state index in [9.17, 15) is 9.59 Å². The maximum absolute atomic E-state index is 10.6. The molecule has 0 aliphatic carbocycles. The molecule has 0 heterocycles. The van der Waals surface area contributed by atoms with Crippen LogP contribution in [0.3, 0.4) is 0 Å². The second-order valence-corrected chi connectivity index (χ2v) is 2.79. The summed E-state index contributed by atoms with van der Waals surface area (Å²) in [6.07, 6.45) is 0. The van der Waals surface area contributed by atoms with Crippen LogP contribution in [0.5, 0.6) is 0 Å². The Balaban J connectivity index is 3.35. The Morgan fingerprint density at radius 2 is 1.62 bits per heavy atom. The van der Waals surface area contributed by atoms with Crippen molar-refractivity contribution in [1.82, 2.24) is 0 Å². The van der Waals surface area contributed by atoms with Gasteiger partial charge in [0.2, 0.25) is 0 Å². The Morgan fingerprint density at radius 1 is 1.08 bits per heavy atom. The minimum absolute atomic E-state index is 0.249. The normalized spacial score (nSPS) is 9.54. The average Bonchev–Trinajstić information content (AvgIpc) is 2.03. The van der Waals surface area contributed by atoms with Crippen molar-refractivity contribution in [2.24, 2.45) is 0 Å². The molecule has 13 heavy (non-hydrogen) atoms. The monoisotopic (exact) mass is 197 g/mol. The molecular formula is C8H5O4S-. The summed E-state index contributed by atoms with van der Waals surface area (Å²) in [6.45, 7) is 0. The number of hydrogen-bond donors (Lipinski definition) is 2. The largest absolute Gasteiger partial charge is 0.780 e. The van der Waals surface area contributed by atoms with E-state index in [1.165, 1.54) is 12.1 Å². The Hall–Kier alpha value is -1.62. The predicted octanol–water partition coefficient (Wildman–Crippen LogP) is 0.989. The van der Waals surface area contributed by atoms with Crippen molar-refractivity contribution in [3.8, 4) is 0 Å². The van der Waals surface area contributed by atoms with E-state index in [2.05, 4.69) is 0 Å². The Bertz CT molecular complexity index is 372. The van der Waals surface area contributed by atoms with E-state index >= 15 is 0 Å². The molecule has 2 N–H and O–H groups in total. The number of carboxylic acid groups (broad SMARTS) is 2. The van der Waals surface area contributed by atoms with Crippen molar-refractivity contribution in [3.05, 3.63) is 29.3 Å². The van der Waals surface area contributed by atoms with Crippen LogP contribution in [0.25, 0.3) is 0 Å². The second kappa shape index (κ2) is 3.40. The number of aromatic carboxylic acids is 2. The molecule has 0 aliphatic rings. The highest BCUT2D eigenvalue weighted by molar-refractivity contribution is 7.58. The van der Waals surface area contributed by atoms with Gasteiger partial charge >= 0.3 is 11.9 Å². The van der Waals surface area contributed by atoms with Gasteiger partial charge in [0.1, 0.15) is 0 Å². The van der Waals surface area contributed by atoms with Gasteiger partial charge in [-0.05, 0) is 6.07 Å². The minimum atomic E-state index is -1.29. The lowest BCUT2D eigenvalue weighted by molar-refractivity contribution is 0.0651. The third-order valence-corrected chi connectivity index (χ3v) is 1.71. The molecule has 0 spiro atoms. The first-order valence-electron chi connectivity index (χ1n) is 3.30. The quantitative estimate of drug-likeness (QED) is 0.691. The summed E-state index contributed by atoms with van der Waals surface area (Å²) in [4.78, 5) is 21.4. The van der Waals surface area contributed by atoms with Gasteiger partial charge in [0, 0.05) is 0 Å². The van der Waals surface area contributed by atoms with Crippen LogP contribution in [0, 0.1) is 0 Å². The second-order valence-electron chi connectivity index (χ2n) is 2.32. The van der Waals surface area contributed by atoms with Crippen LogP contribution in [-0.4, -0.2) is 22.2 Å². The van der Waals surface area contributed by atoms with Gasteiger partial charge in [-0.1, -0.05) is 12.1 Å². The molecule has 0 bridgehead atoms. The van der Waals surface area contributed by atoms with E-state index in [1.807, 2.05) is 0 Å². The van der Waals surface area contributed by atoms with Gasteiger partial charge in [0.05, 0.1) is 11.1 Å². The highest BCUT2D eigenvalue weighted by Crippen LogP contribution is 2.11. The highest BCUT2D eigenvalue weighted by atomic mass is 32.1. The Labute approximate surface area is 79.2 Å². The molecule has 0 unspecified atom stereocenters. The van der Waals surface area contributed by atoms with Crippen LogP contribution in [-0.2, 0) is 12.6 Å². The van der Waals surface area contributed by atoms with Crippen molar-refractivity contribution in [2.45, 2.75) is 4.90 Å². The fourth-order valence-electron chi connectivity index (χ4n) is 0.887. The topological polar surface area (TPSA) is 74.6 Å². The number of carbonyl (C=O) groups is 2. The van der Waals surface area contributed by atoms with Crippen LogP contribution in [0.2, 0.25) is 0 Å². The van der Waals surface area contributed by atoms with Gasteiger partial charge in [0.15, 0.2) is 0 Å². The molecule has 1 aromatic rings. The zero-order valence-electron chi connectivity index (χ0n) is 6.35. The lowest BCUT2D eigenvalue weighted by atomic mass is 10.1. The maximum atomic E-state index is 10.6. The molecule has 0 aliphatic heterocycles. The summed E-state index contributed by atoms with van der Waals surface area (Å²) in [5, 5.41) is 17.2. The van der Waals surface area contributed by atoms with E-state index in [1.54, 1.807) is 0 Å². The Kier molecular flexibility index (Phi) is 2.48. The SMILES string of the molecule is O=C(O)c1ccc([S-])cc1C(=O)O. The molecular weight excluding hydrogens is 192 g/mol. The van der Waals surface area contributed by atoms with Crippen LogP contribution >= 0.6 is 0 Å². The summed E-state index contributed by atoms with van der Waals surface area (Å²) < 4.78 is 0. The summed E-state index contributed by atoms with van der Waals surface area (Å²) in [6, 6.07) is 3.72. The van der Waals surface area contributed by atoms with Gasteiger partial charge in [-0.15, -0.1) is 0 Å². The molecule has 0 fully saturated rings. The van der Waals surface area contributed by atoms with Gasteiger partial charge in [0.25, 0.3) is 0 Å². The fourth-order valence-corrected chi connectivity index (χ4v) is 1.07. The van der Waals surface area contributed by atoms with Crippen molar-refractivity contribution >= 4 is 24.6 Å². The lowest BCUT2D eigenvalue weighted by Gasteiger charge is -2.07. The molecule has 4 nitrogen and oxygen atoms in total. The van der Waals surface area contributed by atoms with Gasteiger partial charge in [-0.3, -0.25) is 0 Å². The summed E-state index contributed by atoms with van der Waals surface area (Å²) in [5.41, 5.74) is -0.527. The van der Waals surface area contributed by atoms with Gasteiger partial charge in [-0.25, -0.2) is 9.59 Å². The summed E-state index contributed by atoms with van der Waals surface area (Å²) >= 11 is 4.71. The van der Waals surface area contributed by atoms with Crippen LogP contribution < -0.4 is 0 Å². The first-order valence-corrected chi connectivity index (χ1v) is 3.71. The molecule has 5 heteroatoms. The first-order chi connectivity index (χ1) is 6.02. The molecule has 0 amide bonds. The van der Waals surface area contributed by atoms with Crippen molar-refractivity contribution in [2.75, 3.05) is 0 Å². The molecule has 68 valence electrons.